The largest absolute Gasteiger partial charge is 0.466 e. The summed E-state index contributed by atoms with van der Waals surface area (Å²) in [6.45, 7) is 0. The minimum Gasteiger partial charge on any atom is -0.303 e. The van der Waals surface area contributed by atoms with Gasteiger partial charge < -0.3 is 14.7 Å². The lowest BCUT2D eigenvalue weighted by atomic mass is 15.0. The van der Waals surface area contributed by atoms with Crippen LogP contribution in [0.5, 0.6) is 0 Å². The molecule has 6 nitrogen and oxygen atoms in total. The summed E-state index contributed by atoms with van der Waals surface area (Å²) >= 11 is 0. The van der Waals surface area contributed by atoms with E-state index < -0.39 is 7.82 Å². The van der Waals surface area contributed by atoms with Crippen LogP contribution in [0, 0.1) is 0 Å². The molecule has 0 amide bonds. The van der Waals surface area contributed by atoms with Crippen molar-refractivity contribution in [1.82, 2.24) is 0 Å². The maximum Gasteiger partial charge on any atom is 0.466 e. The molecule has 0 unspecified atom stereocenters. The molecule has 0 heterocycles. The second kappa shape index (κ2) is 7.32. The van der Waals surface area contributed by atoms with E-state index in [1.54, 1.807) is 0 Å². The van der Waals surface area contributed by atoms with E-state index in [4.69, 9.17) is 29.8 Å². The Balaban J connectivity index is -0.0000000750. The standard InChI is InChI=1S/ClH.H3O4P.H2O2/c;1-5(2,3)4;1-2/h1H;(H3,1,2,3,4);1-2H. The number of phosphoric acid groups is 1. The van der Waals surface area contributed by atoms with Gasteiger partial charge in [-0.1, -0.05) is 0 Å². The fourth-order valence-corrected chi connectivity index (χ4v) is 0. The van der Waals surface area contributed by atoms with Crippen molar-refractivity contribution in [3.8, 4) is 0 Å². The molecular weight excluding hydrogens is 162 g/mol. The molecule has 0 aromatic carbocycles. The number of hydrogen-bond acceptors (Lipinski definition) is 3. The van der Waals surface area contributed by atoms with Crippen LogP contribution < -0.4 is 0 Å². The smallest absolute Gasteiger partial charge is 0.303 e. The van der Waals surface area contributed by atoms with Crippen LogP contribution in [0.25, 0.3) is 0 Å². The fraction of sp³-hybridized carbons (Fsp3) is 0. The summed E-state index contributed by atoms with van der Waals surface area (Å²) in [5.41, 5.74) is 0. The highest BCUT2D eigenvalue weighted by molar-refractivity contribution is 7.45. The number of hydrogen-bond donors (Lipinski definition) is 5. The Morgan fingerprint density at radius 2 is 1.00 bits per heavy atom. The first-order chi connectivity index (χ1) is 3.00. The molecule has 0 aromatic heterocycles. The Hall–Kier alpha value is 0.320. The third-order valence-corrected chi connectivity index (χ3v) is 0. The first-order valence-electron chi connectivity index (χ1n) is 0.983. The lowest BCUT2D eigenvalue weighted by molar-refractivity contribution is -0.176. The van der Waals surface area contributed by atoms with Crippen LogP contribution in [0.1, 0.15) is 0 Å². The van der Waals surface area contributed by atoms with Gasteiger partial charge in [-0.05, 0) is 0 Å². The first-order valence-corrected chi connectivity index (χ1v) is 2.55. The Morgan fingerprint density at radius 1 is 1.00 bits per heavy atom. The van der Waals surface area contributed by atoms with Crippen LogP contribution in [0.3, 0.4) is 0 Å². The lowest BCUT2D eigenvalue weighted by Gasteiger charge is -1.82. The molecule has 0 aliphatic heterocycles. The highest BCUT2D eigenvalue weighted by Gasteiger charge is 2.00. The Labute approximate surface area is 51.0 Å². The molecule has 0 aliphatic carbocycles. The molecule has 0 spiro atoms. The van der Waals surface area contributed by atoms with Gasteiger partial charge in [-0.3, -0.25) is 10.5 Å². The van der Waals surface area contributed by atoms with Gasteiger partial charge in [-0.15, -0.1) is 12.4 Å². The van der Waals surface area contributed by atoms with Crippen molar-refractivity contribution < 1.29 is 29.8 Å². The van der Waals surface area contributed by atoms with Crippen molar-refractivity contribution in [2.45, 2.75) is 0 Å². The summed E-state index contributed by atoms with van der Waals surface area (Å²) in [6.07, 6.45) is 0. The van der Waals surface area contributed by atoms with E-state index in [0.717, 1.165) is 0 Å². The van der Waals surface area contributed by atoms with Crippen LogP contribution in [0.15, 0.2) is 0 Å². The normalized spacial score (nSPS) is 8.12. The Bertz CT molecular complexity index is 54.7. The van der Waals surface area contributed by atoms with Gasteiger partial charge in [0, 0.05) is 0 Å². The SMILES string of the molecule is Cl.O=P(O)(O)O.OO. The summed E-state index contributed by atoms with van der Waals surface area (Å²) in [5.74, 6) is 0. The molecule has 54 valence electrons. The molecule has 0 aliphatic rings. The molecule has 0 fully saturated rings. The van der Waals surface area contributed by atoms with Crippen LogP contribution in [0.4, 0.5) is 0 Å². The van der Waals surface area contributed by atoms with Gasteiger partial charge in [0.25, 0.3) is 0 Å². The van der Waals surface area contributed by atoms with Crippen LogP contribution in [0.2, 0.25) is 0 Å². The van der Waals surface area contributed by atoms with Crippen molar-refractivity contribution in [3.63, 3.8) is 0 Å². The predicted molar refractivity (Wildman–Crippen MR) is 26.8 cm³/mol. The predicted octanol–water partition coefficient (Wildman–Crippen LogP) is -0.489. The van der Waals surface area contributed by atoms with Crippen LogP contribution in [-0.4, -0.2) is 25.2 Å². The average Bonchev–Trinajstić information content (AvgIpc) is 1.36. The van der Waals surface area contributed by atoms with E-state index >= 15 is 0 Å². The zero-order valence-electron chi connectivity index (χ0n) is 3.50. The van der Waals surface area contributed by atoms with Crippen molar-refractivity contribution in [2.75, 3.05) is 0 Å². The molecular formula is H6ClO6P. The molecule has 8 heavy (non-hydrogen) atoms. The highest BCUT2D eigenvalue weighted by Crippen LogP contribution is 2.25. The zero-order chi connectivity index (χ0) is 6.50. The summed E-state index contributed by atoms with van der Waals surface area (Å²) in [7, 11) is -4.64. The number of rotatable bonds is 0. The second-order valence-corrected chi connectivity index (χ2v) is 1.54. The average molecular weight is 168 g/mol. The monoisotopic (exact) mass is 168 g/mol. The van der Waals surface area contributed by atoms with Gasteiger partial charge in [0.1, 0.15) is 0 Å². The first kappa shape index (κ1) is 15.8. The van der Waals surface area contributed by atoms with Gasteiger partial charge in [-0.2, -0.15) is 0 Å². The minimum atomic E-state index is -4.64. The van der Waals surface area contributed by atoms with Gasteiger partial charge in [0.2, 0.25) is 0 Å². The molecule has 0 aromatic rings. The van der Waals surface area contributed by atoms with Gasteiger partial charge in [0.15, 0.2) is 0 Å². The molecule has 5 N–H and O–H groups in total. The van der Waals surface area contributed by atoms with Gasteiger partial charge >= 0.3 is 7.82 Å². The van der Waals surface area contributed by atoms with Crippen molar-refractivity contribution in [2.24, 2.45) is 0 Å². The molecule has 0 saturated heterocycles. The lowest BCUT2D eigenvalue weighted by Crippen LogP contribution is -1.66. The molecule has 0 radical (unpaired) electrons. The topological polar surface area (TPSA) is 118 Å². The molecule has 8 heteroatoms. The molecule has 0 atom stereocenters. The summed E-state index contributed by atoms with van der Waals surface area (Å²) < 4.78 is 8.88. The fourth-order valence-electron chi connectivity index (χ4n) is 0. The van der Waals surface area contributed by atoms with E-state index in [9.17, 15) is 0 Å². The Morgan fingerprint density at radius 3 is 1.00 bits per heavy atom. The minimum absolute atomic E-state index is 0. The summed E-state index contributed by atoms with van der Waals surface area (Å²) in [6, 6.07) is 0. The van der Waals surface area contributed by atoms with Crippen molar-refractivity contribution in [3.05, 3.63) is 0 Å². The van der Waals surface area contributed by atoms with Gasteiger partial charge in [-0.25, -0.2) is 4.57 Å². The highest BCUT2D eigenvalue weighted by atomic mass is 35.5. The Kier molecular flexibility index (Phi) is 14.4. The van der Waals surface area contributed by atoms with E-state index in [1.807, 2.05) is 0 Å². The third kappa shape index (κ3) is 1750. The van der Waals surface area contributed by atoms with Crippen molar-refractivity contribution in [1.29, 1.82) is 0 Å². The molecule has 0 saturated carbocycles. The maximum absolute atomic E-state index is 8.88. The zero-order valence-corrected chi connectivity index (χ0v) is 5.21. The molecule has 0 bridgehead atoms. The van der Waals surface area contributed by atoms with E-state index in [2.05, 4.69) is 0 Å². The van der Waals surface area contributed by atoms with Crippen LogP contribution in [-0.2, 0) is 4.57 Å². The summed E-state index contributed by atoms with van der Waals surface area (Å²) in [5, 5.41) is 12.0. The van der Waals surface area contributed by atoms with Crippen LogP contribution >= 0.6 is 20.2 Å². The number of halogens is 1. The second-order valence-electron chi connectivity index (χ2n) is 0.513. The summed E-state index contributed by atoms with van der Waals surface area (Å²) in [4.78, 5) is 21.6. The van der Waals surface area contributed by atoms with E-state index in [0.29, 0.717) is 0 Å². The third-order valence-electron chi connectivity index (χ3n) is 0. The van der Waals surface area contributed by atoms with E-state index in [1.165, 1.54) is 0 Å². The van der Waals surface area contributed by atoms with E-state index in [-0.39, 0.29) is 12.4 Å². The quantitative estimate of drug-likeness (QED) is 0.189. The van der Waals surface area contributed by atoms with Crippen molar-refractivity contribution >= 4 is 20.2 Å². The maximum atomic E-state index is 8.88. The van der Waals surface area contributed by atoms with Gasteiger partial charge in [0.05, 0.1) is 0 Å². The molecule has 0 rings (SSSR count).